The second-order valence-electron chi connectivity index (χ2n) is 16.1. The number of aromatic carboxylic acids is 1. The summed E-state index contributed by atoms with van der Waals surface area (Å²) in [6.45, 7) is -2.47. The summed E-state index contributed by atoms with van der Waals surface area (Å²) in [5.74, 6) is -5.66. The van der Waals surface area contributed by atoms with Gasteiger partial charge in [0.1, 0.15) is 24.7 Å². The van der Waals surface area contributed by atoms with Crippen LogP contribution in [-0.4, -0.2) is 116 Å². The topological polar surface area (TPSA) is 385 Å². The number of carboxylic acid groups (broad SMARTS) is 1. The Hall–Kier alpha value is -9.06. The second kappa shape index (κ2) is 20.6. The number of rotatable bonds is 17. The summed E-state index contributed by atoms with van der Waals surface area (Å²) in [6.07, 6.45) is -2.18. The van der Waals surface area contributed by atoms with Gasteiger partial charge in [-0.25, -0.2) is 19.2 Å². The van der Waals surface area contributed by atoms with E-state index in [-0.39, 0.29) is 72.9 Å². The predicted octanol–water partition coefficient (Wildman–Crippen LogP) is 4.55. The Kier molecular flexibility index (Phi) is 14.7. The first-order valence-corrected chi connectivity index (χ1v) is 24.4. The zero-order chi connectivity index (χ0) is 54.0. The molecular formula is C45H38N6O21S2. The molecule has 0 aromatic heterocycles. The third-order valence-electron chi connectivity index (χ3n) is 11.4. The largest absolute Gasteiger partial charge is 0.478 e. The molecule has 2 heterocycles. The maximum Gasteiger partial charge on any atom is 0.414 e. The van der Waals surface area contributed by atoms with Gasteiger partial charge in [0.15, 0.2) is 5.60 Å². The van der Waals surface area contributed by atoms with Crippen molar-refractivity contribution in [3.8, 4) is 11.5 Å². The molecule has 1 spiro atoms. The van der Waals surface area contributed by atoms with Crippen molar-refractivity contribution >= 4 is 78.9 Å². The molecule has 386 valence electrons. The van der Waals surface area contributed by atoms with Crippen molar-refractivity contribution in [2.24, 2.45) is 0 Å². The van der Waals surface area contributed by atoms with Crippen molar-refractivity contribution in [3.05, 3.63) is 161 Å². The number of hydrogen-bond acceptors (Lipinski definition) is 18. The van der Waals surface area contributed by atoms with Crippen molar-refractivity contribution in [1.29, 1.82) is 0 Å². The fourth-order valence-electron chi connectivity index (χ4n) is 7.76. The van der Waals surface area contributed by atoms with Crippen LogP contribution in [0.3, 0.4) is 0 Å². The number of ether oxygens (including phenoxy) is 4. The molecule has 7 rings (SSSR count). The summed E-state index contributed by atoms with van der Waals surface area (Å²) in [5.41, 5.74) is -3.52. The molecule has 5 aromatic rings. The highest BCUT2D eigenvalue weighted by molar-refractivity contribution is 7.86. The molecule has 2 aliphatic heterocycles. The van der Waals surface area contributed by atoms with Crippen molar-refractivity contribution < 1.29 is 88.6 Å². The Labute approximate surface area is 417 Å². The number of benzene rings is 5. The van der Waals surface area contributed by atoms with Gasteiger partial charge in [0, 0.05) is 79.3 Å². The minimum atomic E-state index is -4.41. The van der Waals surface area contributed by atoms with Gasteiger partial charge >= 0.3 is 24.1 Å². The third-order valence-corrected chi connectivity index (χ3v) is 12.9. The minimum Gasteiger partial charge on any atom is -0.478 e. The molecule has 0 saturated carbocycles. The van der Waals surface area contributed by atoms with Crippen LogP contribution in [0.2, 0.25) is 0 Å². The van der Waals surface area contributed by atoms with Crippen LogP contribution < -0.4 is 25.2 Å². The highest BCUT2D eigenvalue weighted by atomic mass is 32.2. The van der Waals surface area contributed by atoms with Gasteiger partial charge in [0.25, 0.3) is 43.4 Å². The molecule has 0 radical (unpaired) electrons. The maximum absolute atomic E-state index is 13.6. The number of carbonyl (C=O) groups is 6. The van der Waals surface area contributed by atoms with Gasteiger partial charge in [-0.05, 0) is 66.7 Å². The quantitative estimate of drug-likeness (QED) is 0.0280. The summed E-state index contributed by atoms with van der Waals surface area (Å²) in [7, 11) is -6.30. The summed E-state index contributed by atoms with van der Waals surface area (Å²) >= 11 is 0. The number of esters is 1. The Morgan fingerprint density at radius 1 is 0.635 bits per heavy atom. The molecule has 2 aliphatic rings. The fourth-order valence-corrected chi connectivity index (χ4v) is 8.48. The molecule has 0 saturated heterocycles. The second-order valence-corrected chi connectivity index (χ2v) is 19.3. The zero-order valence-electron chi connectivity index (χ0n) is 38.2. The van der Waals surface area contributed by atoms with Crippen molar-refractivity contribution in [1.82, 2.24) is 10.6 Å². The predicted molar refractivity (Wildman–Crippen MR) is 253 cm³/mol. The molecule has 74 heavy (non-hydrogen) atoms. The lowest BCUT2D eigenvalue weighted by Gasteiger charge is -2.37. The Morgan fingerprint density at radius 2 is 1.07 bits per heavy atom. The lowest BCUT2D eigenvalue weighted by molar-refractivity contribution is -0.386. The molecule has 5 N–H and O–H groups in total. The van der Waals surface area contributed by atoms with Gasteiger partial charge in [-0.2, -0.15) is 16.8 Å². The van der Waals surface area contributed by atoms with Gasteiger partial charge in [-0.3, -0.25) is 48.7 Å². The first-order chi connectivity index (χ1) is 34.8. The van der Waals surface area contributed by atoms with E-state index < -0.39 is 121 Å². The normalized spacial score (nSPS) is 12.9. The van der Waals surface area contributed by atoms with Crippen LogP contribution in [0.5, 0.6) is 11.5 Å². The van der Waals surface area contributed by atoms with Gasteiger partial charge in [-0.15, -0.1) is 0 Å². The summed E-state index contributed by atoms with van der Waals surface area (Å²) in [5, 5.41) is 38.2. The number of nitro benzene ring substituents is 2. The fraction of sp³-hybridized carbons (Fsp3) is 0.200. The van der Waals surface area contributed by atoms with Crippen LogP contribution in [0.1, 0.15) is 69.2 Å². The van der Waals surface area contributed by atoms with Gasteiger partial charge < -0.3 is 34.7 Å². The first-order valence-electron chi connectivity index (χ1n) is 21.2. The van der Waals surface area contributed by atoms with E-state index in [1.54, 1.807) is 0 Å². The van der Waals surface area contributed by atoms with Crippen LogP contribution in [0.25, 0.3) is 0 Å². The number of nitrogens with one attached hydrogen (secondary N) is 2. The highest BCUT2D eigenvalue weighted by Gasteiger charge is 2.54. The van der Waals surface area contributed by atoms with E-state index in [2.05, 4.69) is 10.6 Å². The molecule has 0 atom stereocenters. The van der Waals surface area contributed by atoms with Gasteiger partial charge in [0.2, 0.25) is 0 Å². The van der Waals surface area contributed by atoms with Crippen LogP contribution in [0.4, 0.5) is 32.3 Å². The molecule has 0 aliphatic carbocycles. The molecule has 0 bridgehead atoms. The average Bonchev–Trinajstić information content (AvgIpc) is 3.63. The third kappa shape index (κ3) is 11.2. The van der Waals surface area contributed by atoms with E-state index in [0.29, 0.717) is 0 Å². The van der Waals surface area contributed by atoms with E-state index in [0.717, 1.165) is 46.2 Å². The van der Waals surface area contributed by atoms with E-state index in [1.165, 1.54) is 68.7 Å². The van der Waals surface area contributed by atoms with Crippen molar-refractivity contribution in [2.75, 3.05) is 48.5 Å². The highest BCUT2D eigenvalue weighted by Crippen LogP contribution is 2.57. The van der Waals surface area contributed by atoms with Crippen LogP contribution in [0.15, 0.2) is 91.0 Å². The molecular weight excluding hydrogens is 1020 g/mol. The molecule has 27 nitrogen and oxygen atoms in total. The SMILES string of the molecule is CN(C(=O)OCc1cc(C(=O)NCCS(=O)(=O)O)ccc1[N+](=O)[O-])c1ccc2c(c1)Oc1cc(N(C)C(=O)OCc3cc(C(=O)NCCS(=O)(=O)O)ccc3[N+](=O)[O-])ccc1C21OC(=O)c2ccc(C(=O)O)cc21. The van der Waals surface area contributed by atoms with Crippen LogP contribution in [-0.2, 0) is 53.3 Å². The Morgan fingerprint density at radius 3 is 1.47 bits per heavy atom. The number of nitrogens with zero attached hydrogens (tertiary/aromatic N) is 4. The van der Waals surface area contributed by atoms with Gasteiger partial charge in [-0.1, -0.05) is 0 Å². The summed E-state index contributed by atoms with van der Waals surface area (Å²) in [4.78, 5) is 102. The smallest absolute Gasteiger partial charge is 0.414 e. The number of fused-ring (bicyclic) bond motifs is 6. The molecule has 0 fully saturated rings. The maximum atomic E-state index is 13.6. The molecule has 29 heteroatoms. The first kappa shape index (κ1) is 52.8. The Bertz CT molecular complexity index is 3270. The van der Waals surface area contributed by atoms with Crippen LogP contribution >= 0.6 is 0 Å². The number of carboxylic acids is 1. The van der Waals surface area contributed by atoms with Crippen LogP contribution in [0, 0.1) is 20.2 Å². The number of anilines is 2. The molecule has 0 unspecified atom stereocenters. The van der Waals surface area contributed by atoms with Crippen molar-refractivity contribution in [2.45, 2.75) is 18.8 Å². The lowest BCUT2D eigenvalue weighted by atomic mass is 9.77. The van der Waals surface area contributed by atoms with Crippen molar-refractivity contribution in [3.63, 3.8) is 0 Å². The average molecular weight is 1060 g/mol. The Balaban J connectivity index is 1.17. The number of nitro groups is 2. The minimum absolute atomic E-state index is 0.00848. The zero-order valence-corrected chi connectivity index (χ0v) is 39.8. The lowest BCUT2D eigenvalue weighted by Crippen LogP contribution is -2.34. The van der Waals surface area contributed by atoms with E-state index >= 15 is 0 Å². The number of hydrogen-bond donors (Lipinski definition) is 5. The number of amides is 4. The molecule has 5 aromatic carbocycles. The van der Waals surface area contributed by atoms with E-state index in [4.69, 9.17) is 28.1 Å². The number of carbonyl (C=O) groups excluding carboxylic acids is 5. The van der Waals surface area contributed by atoms with E-state index in [9.17, 15) is 70.9 Å². The summed E-state index contributed by atoms with van der Waals surface area (Å²) in [6, 6.07) is 18.2. The standard InChI is InChI=1S/C45H38N6O21S2/c1-48(43(57)69-22-27-17-24(4-11-35(27)50(59)60)39(52)46-13-15-73(63,64)65)29-6-9-32-37(20-29)71-38-21-30(7-10-33(38)45(32)34-19-26(41(54)55)3-8-31(34)42(56)72-45)49(2)44(58)70-23-28-18-25(5-12-36(28)51(61)62)40(53)47-14-16-74(66,67)68/h3-12,17-21H,13-16,22-23H2,1-2H3,(H,46,52)(H,47,53)(H,54,55)(H,63,64,65)(H,66,67,68). The van der Waals surface area contributed by atoms with E-state index in [1.807, 2.05) is 0 Å². The monoisotopic (exact) mass is 1060 g/mol. The summed E-state index contributed by atoms with van der Waals surface area (Å²) < 4.78 is 85.5. The van der Waals surface area contributed by atoms with Gasteiger partial charge in [0.05, 0.1) is 55.0 Å². The molecule has 4 amide bonds.